The van der Waals surface area contributed by atoms with E-state index in [0.29, 0.717) is 12.2 Å². The molecule has 0 aliphatic carbocycles. The number of rotatable bonds is 5. The third-order valence-corrected chi connectivity index (χ3v) is 1.89. The molecule has 0 heterocycles. The van der Waals surface area contributed by atoms with E-state index in [2.05, 4.69) is 0 Å². The number of nitrogens with zero attached hydrogens (tertiary/aromatic N) is 1. The summed E-state index contributed by atoms with van der Waals surface area (Å²) >= 11 is 0. The molecule has 0 aliphatic heterocycles. The van der Waals surface area contributed by atoms with E-state index in [1.54, 1.807) is 0 Å². The molecule has 120 valence electrons. The van der Waals surface area contributed by atoms with Gasteiger partial charge in [-0.2, -0.15) is 5.06 Å². The highest BCUT2D eigenvalue weighted by atomic mass is 16.7. The molecule has 0 saturated heterocycles. The zero-order chi connectivity index (χ0) is 17.1. The third kappa shape index (κ3) is 9.10. The molecule has 22 heavy (non-hydrogen) atoms. The zero-order valence-corrected chi connectivity index (χ0v) is 12.3. The minimum atomic E-state index is -1.26. The van der Waals surface area contributed by atoms with Gasteiger partial charge >= 0.3 is 11.9 Å². The average molecular weight is 309 g/mol. The number of carboxylic acid groups (broad SMARTS) is 2. The Morgan fingerprint density at radius 1 is 1.18 bits per heavy atom. The Bertz CT molecular complexity index is 513. The van der Waals surface area contributed by atoms with Crippen LogP contribution >= 0.6 is 0 Å². The second kappa shape index (κ2) is 9.94. The number of hydroxylamine groups is 1. The lowest BCUT2D eigenvalue weighted by molar-refractivity contribution is -0.134. The van der Waals surface area contributed by atoms with Crippen molar-refractivity contribution >= 4 is 23.6 Å². The number of guanidine groups is 1. The molecule has 1 aromatic rings. The molecule has 5 N–H and O–H groups in total. The Labute approximate surface area is 127 Å². The predicted molar refractivity (Wildman–Crippen MR) is 81.5 cm³/mol. The Hall–Kier alpha value is -2.87. The van der Waals surface area contributed by atoms with Gasteiger partial charge in [0.25, 0.3) is 0 Å². The van der Waals surface area contributed by atoms with E-state index in [-0.39, 0.29) is 12.1 Å². The number of benzene rings is 1. The first-order valence-corrected chi connectivity index (χ1v) is 6.24. The summed E-state index contributed by atoms with van der Waals surface area (Å²) in [6, 6.07) is 9.31. The lowest BCUT2D eigenvalue weighted by Gasteiger charge is -2.23. The molecular formula is C14H19N3O5. The second-order valence-electron chi connectivity index (χ2n) is 4.18. The molecule has 0 unspecified atom stereocenters. The summed E-state index contributed by atoms with van der Waals surface area (Å²) in [6.45, 7) is 3.78. The van der Waals surface area contributed by atoms with Gasteiger partial charge in [-0.3, -0.25) is 10.2 Å². The molecule has 8 nitrogen and oxygen atoms in total. The van der Waals surface area contributed by atoms with Crippen LogP contribution in [0.25, 0.3) is 0 Å². The molecule has 0 spiro atoms. The van der Waals surface area contributed by atoms with Crippen molar-refractivity contribution in [1.29, 1.82) is 5.41 Å². The smallest absolute Gasteiger partial charge is 0.328 e. The number of anilines is 1. The summed E-state index contributed by atoms with van der Waals surface area (Å²) in [5, 5.41) is 24.3. The lowest BCUT2D eigenvalue weighted by atomic mass is 10.3. The van der Waals surface area contributed by atoms with Gasteiger partial charge in [0.1, 0.15) is 0 Å². The Morgan fingerprint density at radius 3 is 1.95 bits per heavy atom. The minimum Gasteiger partial charge on any atom is -0.478 e. The van der Waals surface area contributed by atoms with Crippen molar-refractivity contribution in [3.8, 4) is 0 Å². The van der Waals surface area contributed by atoms with Crippen LogP contribution in [0.4, 0.5) is 5.69 Å². The molecule has 0 saturated carbocycles. The van der Waals surface area contributed by atoms with Crippen LogP contribution < -0.4 is 10.8 Å². The first-order chi connectivity index (χ1) is 10.2. The second-order valence-corrected chi connectivity index (χ2v) is 4.18. The fourth-order valence-corrected chi connectivity index (χ4v) is 1.17. The summed E-state index contributed by atoms with van der Waals surface area (Å²) in [5.74, 6) is -2.63. The minimum absolute atomic E-state index is 0.0147. The van der Waals surface area contributed by atoms with E-state index in [4.69, 9.17) is 26.2 Å². The SMILES string of the molecule is CC(C)ON(C(=N)N)c1ccccc1.O=C(O)/C=C\C(=O)O. The number of nitrogens with one attached hydrogen (secondary N) is 1. The van der Waals surface area contributed by atoms with E-state index >= 15 is 0 Å². The molecule has 8 heteroatoms. The number of carboxylic acids is 2. The Balaban J connectivity index is 0.000000472. The third-order valence-electron chi connectivity index (χ3n) is 1.89. The summed E-state index contributed by atoms with van der Waals surface area (Å²) in [4.78, 5) is 24.5. The summed E-state index contributed by atoms with van der Waals surface area (Å²) < 4.78 is 0. The average Bonchev–Trinajstić information content (AvgIpc) is 2.44. The molecule has 0 fully saturated rings. The maximum atomic E-state index is 9.55. The summed E-state index contributed by atoms with van der Waals surface area (Å²) in [7, 11) is 0. The molecule has 1 aromatic carbocycles. The highest BCUT2D eigenvalue weighted by Crippen LogP contribution is 2.14. The van der Waals surface area contributed by atoms with Crippen molar-refractivity contribution in [3.63, 3.8) is 0 Å². The zero-order valence-electron chi connectivity index (χ0n) is 12.3. The molecule has 1 rings (SSSR count). The fraction of sp³-hybridized carbons (Fsp3) is 0.214. The monoisotopic (exact) mass is 309 g/mol. The Kier molecular flexibility index (Phi) is 8.65. The topological polar surface area (TPSA) is 137 Å². The number of hydrogen-bond acceptors (Lipinski definition) is 4. The molecule has 0 aromatic heterocycles. The van der Waals surface area contributed by atoms with Crippen LogP contribution in [0.3, 0.4) is 0 Å². The van der Waals surface area contributed by atoms with Crippen LogP contribution in [-0.4, -0.2) is 34.2 Å². The fourth-order valence-electron chi connectivity index (χ4n) is 1.17. The van der Waals surface area contributed by atoms with Gasteiger partial charge in [-0.1, -0.05) is 18.2 Å². The molecular weight excluding hydrogens is 290 g/mol. The maximum absolute atomic E-state index is 9.55. The molecule has 0 amide bonds. The predicted octanol–water partition coefficient (Wildman–Crippen LogP) is 1.44. The molecule has 0 radical (unpaired) electrons. The Morgan fingerprint density at radius 2 is 1.64 bits per heavy atom. The number of aliphatic carboxylic acids is 2. The van der Waals surface area contributed by atoms with Crippen molar-refractivity contribution in [1.82, 2.24) is 0 Å². The van der Waals surface area contributed by atoms with E-state index in [9.17, 15) is 9.59 Å². The van der Waals surface area contributed by atoms with Crippen molar-refractivity contribution < 1.29 is 24.6 Å². The number of nitrogens with two attached hydrogens (primary N) is 1. The van der Waals surface area contributed by atoms with E-state index in [1.165, 1.54) is 5.06 Å². The van der Waals surface area contributed by atoms with Crippen LogP contribution in [0, 0.1) is 5.41 Å². The van der Waals surface area contributed by atoms with Crippen LogP contribution in [0.5, 0.6) is 0 Å². The van der Waals surface area contributed by atoms with Gasteiger partial charge in [0.15, 0.2) is 0 Å². The molecule has 0 bridgehead atoms. The van der Waals surface area contributed by atoms with Gasteiger partial charge in [0.05, 0.1) is 11.8 Å². The number of carbonyl (C=O) groups is 2. The number of hydrogen-bond donors (Lipinski definition) is 4. The van der Waals surface area contributed by atoms with E-state index in [1.807, 2.05) is 44.2 Å². The van der Waals surface area contributed by atoms with Crippen LogP contribution in [0.1, 0.15) is 13.8 Å². The van der Waals surface area contributed by atoms with Crippen molar-refractivity contribution in [3.05, 3.63) is 42.5 Å². The van der Waals surface area contributed by atoms with Gasteiger partial charge in [-0.05, 0) is 26.0 Å². The van der Waals surface area contributed by atoms with E-state index < -0.39 is 11.9 Å². The largest absolute Gasteiger partial charge is 0.478 e. The van der Waals surface area contributed by atoms with Gasteiger partial charge in [0.2, 0.25) is 5.96 Å². The highest BCUT2D eigenvalue weighted by Gasteiger charge is 2.11. The highest BCUT2D eigenvalue weighted by molar-refractivity contribution is 5.90. The molecule has 0 aliphatic rings. The molecule has 0 atom stereocenters. The normalized spacial score (nSPS) is 9.95. The standard InChI is InChI=1S/C10H15N3O.C4H4O4/c1-8(2)14-13(10(11)12)9-6-4-3-5-7-9;5-3(6)1-2-4(7)8/h3-8H,1-2H3,(H3,11,12);1-2H,(H,5,6)(H,7,8)/b;2-1-. The van der Waals surface area contributed by atoms with Gasteiger partial charge in [-0.25, -0.2) is 9.59 Å². The van der Waals surface area contributed by atoms with Crippen molar-refractivity contribution in [2.24, 2.45) is 5.73 Å². The summed E-state index contributed by atoms with van der Waals surface area (Å²) in [6.07, 6.45) is 1.10. The first-order valence-electron chi connectivity index (χ1n) is 6.24. The van der Waals surface area contributed by atoms with Crippen LogP contribution in [0.2, 0.25) is 0 Å². The quantitative estimate of drug-likeness (QED) is 0.279. The van der Waals surface area contributed by atoms with Crippen LogP contribution in [-0.2, 0) is 14.4 Å². The lowest BCUT2D eigenvalue weighted by Crippen LogP contribution is -2.38. The van der Waals surface area contributed by atoms with Gasteiger partial charge in [-0.15, -0.1) is 0 Å². The van der Waals surface area contributed by atoms with Crippen LogP contribution in [0.15, 0.2) is 42.5 Å². The van der Waals surface area contributed by atoms with E-state index in [0.717, 1.165) is 5.69 Å². The van der Waals surface area contributed by atoms with Gasteiger partial charge < -0.3 is 15.9 Å². The first kappa shape index (κ1) is 19.1. The van der Waals surface area contributed by atoms with Crippen molar-refractivity contribution in [2.45, 2.75) is 20.0 Å². The number of para-hydroxylation sites is 1. The summed E-state index contributed by atoms with van der Waals surface area (Å²) in [5.41, 5.74) is 6.16. The van der Waals surface area contributed by atoms with Gasteiger partial charge in [0, 0.05) is 12.2 Å². The maximum Gasteiger partial charge on any atom is 0.328 e. The van der Waals surface area contributed by atoms with Crippen molar-refractivity contribution in [2.75, 3.05) is 5.06 Å².